The normalized spacial score (nSPS) is 15.2. The molecular formula is C21H27ClN6O. The van der Waals surface area contributed by atoms with Crippen molar-refractivity contribution in [3.63, 3.8) is 0 Å². The molecule has 1 amide bonds. The molecule has 29 heavy (non-hydrogen) atoms. The fourth-order valence-corrected chi connectivity index (χ4v) is 3.65. The van der Waals surface area contributed by atoms with Gasteiger partial charge in [-0.15, -0.1) is 0 Å². The fourth-order valence-electron chi connectivity index (χ4n) is 3.45. The number of nitrogens with two attached hydrogens (primary N) is 1. The van der Waals surface area contributed by atoms with Gasteiger partial charge in [0.05, 0.1) is 0 Å². The van der Waals surface area contributed by atoms with Crippen LogP contribution in [0, 0.1) is 5.92 Å². The predicted molar refractivity (Wildman–Crippen MR) is 117 cm³/mol. The topological polar surface area (TPSA) is 95.6 Å². The van der Waals surface area contributed by atoms with E-state index in [9.17, 15) is 4.79 Å². The molecule has 1 aromatic heterocycles. The van der Waals surface area contributed by atoms with E-state index < -0.39 is 0 Å². The van der Waals surface area contributed by atoms with Gasteiger partial charge in [-0.25, -0.2) is 4.98 Å². The molecule has 2 heterocycles. The first kappa shape index (κ1) is 20.9. The van der Waals surface area contributed by atoms with Crippen LogP contribution in [0.2, 0.25) is 5.02 Å². The molecule has 1 fully saturated rings. The number of piperidine rings is 1. The molecule has 0 spiro atoms. The van der Waals surface area contributed by atoms with E-state index in [0.717, 1.165) is 47.9 Å². The zero-order valence-electron chi connectivity index (χ0n) is 16.6. The molecule has 3 rings (SSSR count). The number of benzene rings is 1. The van der Waals surface area contributed by atoms with E-state index in [1.165, 1.54) is 0 Å². The monoisotopic (exact) mass is 414 g/mol. The summed E-state index contributed by atoms with van der Waals surface area (Å²) in [6.07, 6.45) is 3.32. The lowest BCUT2D eigenvalue weighted by Crippen LogP contribution is -2.40. The molecule has 8 heteroatoms. The Bertz CT molecular complexity index is 864. The maximum atomic E-state index is 11.4. The minimum Gasteiger partial charge on any atom is -0.369 e. The van der Waals surface area contributed by atoms with Gasteiger partial charge in [-0.3, -0.25) is 9.79 Å². The summed E-state index contributed by atoms with van der Waals surface area (Å²) in [5.41, 5.74) is 7.53. The van der Waals surface area contributed by atoms with Crippen LogP contribution in [0.15, 0.2) is 47.6 Å². The number of aromatic nitrogens is 1. The molecule has 1 aliphatic rings. The first-order chi connectivity index (χ1) is 14.1. The molecule has 1 saturated heterocycles. The van der Waals surface area contributed by atoms with Crippen LogP contribution < -0.4 is 21.3 Å². The molecule has 1 aliphatic heterocycles. The van der Waals surface area contributed by atoms with Gasteiger partial charge in [0.1, 0.15) is 5.82 Å². The zero-order valence-corrected chi connectivity index (χ0v) is 17.3. The third-order valence-corrected chi connectivity index (χ3v) is 5.51. The lowest BCUT2D eigenvalue weighted by molar-refractivity contribution is -0.122. The average Bonchev–Trinajstić information content (AvgIpc) is 2.75. The number of rotatable bonds is 6. The Balaban J connectivity index is 1.59. The number of pyridine rings is 1. The van der Waals surface area contributed by atoms with Gasteiger partial charge in [0.2, 0.25) is 5.91 Å². The van der Waals surface area contributed by atoms with Gasteiger partial charge in [0, 0.05) is 55.9 Å². The van der Waals surface area contributed by atoms with Gasteiger partial charge in [-0.05, 0) is 30.5 Å². The molecule has 0 bridgehead atoms. The number of halogens is 1. The first-order valence-electron chi connectivity index (χ1n) is 9.74. The Morgan fingerprint density at radius 1 is 1.17 bits per heavy atom. The highest BCUT2D eigenvalue weighted by atomic mass is 35.5. The number of carbonyl (C=O) groups is 1. The summed E-state index contributed by atoms with van der Waals surface area (Å²) in [5.74, 6) is 1.38. The van der Waals surface area contributed by atoms with Gasteiger partial charge in [0.15, 0.2) is 5.96 Å². The number of hydrogen-bond donors (Lipinski definition) is 3. The van der Waals surface area contributed by atoms with Crippen molar-refractivity contribution in [3.8, 4) is 0 Å². The Hall–Kier alpha value is -2.80. The summed E-state index contributed by atoms with van der Waals surface area (Å²) in [5, 5.41) is 7.35. The number of anilines is 1. The van der Waals surface area contributed by atoms with Crippen molar-refractivity contribution in [2.45, 2.75) is 25.9 Å². The summed E-state index contributed by atoms with van der Waals surface area (Å²) in [4.78, 5) is 22.5. The first-order valence-corrected chi connectivity index (χ1v) is 10.1. The highest BCUT2D eigenvalue weighted by molar-refractivity contribution is 6.31. The van der Waals surface area contributed by atoms with E-state index in [2.05, 4.69) is 31.6 Å². The lowest BCUT2D eigenvalue weighted by Gasteiger charge is -2.32. The summed E-state index contributed by atoms with van der Waals surface area (Å²) < 4.78 is 0. The molecule has 0 unspecified atom stereocenters. The smallest absolute Gasteiger partial charge is 0.220 e. The van der Waals surface area contributed by atoms with Crippen LogP contribution in [0.3, 0.4) is 0 Å². The van der Waals surface area contributed by atoms with E-state index in [-0.39, 0.29) is 11.8 Å². The van der Waals surface area contributed by atoms with E-state index >= 15 is 0 Å². The SMILES string of the molecule is CN=C(NCc1ccccc1Cl)NCc1cccnc1N1CCC(C(N)=O)CC1. The number of nitrogens with zero attached hydrogens (tertiary/aromatic N) is 3. The van der Waals surface area contributed by atoms with Gasteiger partial charge >= 0.3 is 0 Å². The third kappa shape index (κ3) is 5.60. The number of carbonyl (C=O) groups excluding carboxylic acids is 1. The fraction of sp³-hybridized carbons (Fsp3) is 0.381. The third-order valence-electron chi connectivity index (χ3n) is 5.14. The van der Waals surface area contributed by atoms with Crippen molar-refractivity contribution in [1.82, 2.24) is 15.6 Å². The Morgan fingerprint density at radius 2 is 1.83 bits per heavy atom. The number of primary amides is 1. The van der Waals surface area contributed by atoms with E-state index in [4.69, 9.17) is 17.3 Å². The maximum absolute atomic E-state index is 11.4. The van der Waals surface area contributed by atoms with Crippen molar-refractivity contribution in [3.05, 3.63) is 58.7 Å². The molecule has 0 aliphatic carbocycles. The predicted octanol–water partition coefficient (Wildman–Crippen LogP) is 2.30. The molecule has 1 aromatic carbocycles. The quantitative estimate of drug-likeness (QED) is 0.498. The van der Waals surface area contributed by atoms with Crippen LogP contribution in [-0.4, -0.2) is 37.0 Å². The minimum atomic E-state index is -0.207. The van der Waals surface area contributed by atoms with Crippen molar-refractivity contribution in [2.75, 3.05) is 25.0 Å². The molecule has 0 radical (unpaired) electrons. The molecule has 7 nitrogen and oxygen atoms in total. The minimum absolute atomic E-state index is 0.0376. The molecule has 4 N–H and O–H groups in total. The molecule has 0 atom stereocenters. The molecule has 0 saturated carbocycles. The number of amides is 1. The number of guanidine groups is 1. The van der Waals surface area contributed by atoms with E-state index in [1.54, 1.807) is 13.2 Å². The zero-order chi connectivity index (χ0) is 20.6. The second-order valence-electron chi connectivity index (χ2n) is 7.02. The van der Waals surface area contributed by atoms with Gasteiger partial charge in [-0.2, -0.15) is 0 Å². The van der Waals surface area contributed by atoms with Crippen LogP contribution in [0.5, 0.6) is 0 Å². The second kappa shape index (κ2) is 10.1. The second-order valence-corrected chi connectivity index (χ2v) is 7.43. The van der Waals surface area contributed by atoms with Crippen LogP contribution >= 0.6 is 11.6 Å². The van der Waals surface area contributed by atoms with Crippen molar-refractivity contribution < 1.29 is 4.79 Å². The number of hydrogen-bond acceptors (Lipinski definition) is 4. The van der Waals surface area contributed by atoms with Crippen LogP contribution in [-0.2, 0) is 17.9 Å². The highest BCUT2D eigenvalue weighted by Gasteiger charge is 2.24. The lowest BCUT2D eigenvalue weighted by atomic mass is 9.96. The van der Waals surface area contributed by atoms with Gasteiger partial charge in [0.25, 0.3) is 0 Å². The van der Waals surface area contributed by atoms with Crippen LogP contribution in [0.25, 0.3) is 0 Å². The van der Waals surface area contributed by atoms with Crippen LogP contribution in [0.1, 0.15) is 24.0 Å². The summed E-state index contributed by atoms with van der Waals surface area (Å²) in [6, 6.07) is 11.7. The van der Waals surface area contributed by atoms with Crippen molar-refractivity contribution in [1.29, 1.82) is 0 Å². The summed E-state index contributed by atoms with van der Waals surface area (Å²) in [7, 11) is 1.74. The maximum Gasteiger partial charge on any atom is 0.220 e. The van der Waals surface area contributed by atoms with Gasteiger partial charge < -0.3 is 21.3 Å². The van der Waals surface area contributed by atoms with Crippen molar-refractivity contribution >= 4 is 29.3 Å². The number of nitrogens with one attached hydrogen (secondary N) is 2. The van der Waals surface area contributed by atoms with Crippen molar-refractivity contribution in [2.24, 2.45) is 16.6 Å². The summed E-state index contributed by atoms with van der Waals surface area (Å²) in [6.45, 7) is 2.72. The largest absolute Gasteiger partial charge is 0.369 e. The molecular weight excluding hydrogens is 388 g/mol. The number of aliphatic imine (C=N–C) groups is 1. The summed E-state index contributed by atoms with van der Waals surface area (Å²) >= 11 is 6.22. The highest BCUT2D eigenvalue weighted by Crippen LogP contribution is 2.24. The standard InChI is InChI=1S/C21H27ClN6O/c1-24-21(26-13-16-5-2-3-7-18(16)22)27-14-17-6-4-10-25-20(17)28-11-8-15(9-12-28)19(23)29/h2-7,10,15H,8-9,11-14H2,1H3,(H2,23,29)(H2,24,26,27). The van der Waals surface area contributed by atoms with Gasteiger partial charge in [-0.1, -0.05) is 35.9 Å². The molecule has 154 valence electrons. The van der Waals surface area contributed by atoms with Crippen LogP contribution in [0.4, 0.5) is 5.82 Å². The average molecular weight is 415 g/mol. The Labute approximate surface area is 176 Å². The van der Waals surface area contributed by atoms with E-state index in [1.807, 2.05) is 30.3 Å². The van der Waals surface area contributed by atoms with E-state index in [0.29, 0.717) is 19.0 Å². The molecule has 2 aromatic rings. The Kier molecular flexibility index (Phi) is 7.30. The Morgan fingerprint density at radius 3 is 2.48 bits per heavy atom.